The van der Waals surface area contributed by atoms with Crippen molar-refractivity contribution in [1.82, 2.24) is 10.3 Å². The second kappa shape index (κ2) is 6.41. The predicted octanol–water partition coefficient (Wildman–Crippen LogP) is 2.85. The van der Waals surface area contributed by atoms with Crippen LogP contribution in [0.5, 0.6) is 0 Å². The normalized spacial score (nSPS) is 11.3. The van der Waals surface area contributed by atoms with Crippen LogP contribution >= 0.6 is 23.2 Å². The van der Waals surface area contributed by atoms with Gasteiger partial charge in [-0.2, -0.15) is 0 Å². The van der Waals surface area contributed by atoms with E-state index in [9.17, 15) is 9.59 Å². The Morgan fingerprint density at radius 2 is 1.75 bits per heavy atom. The van der Waals surface area contributed by atoms with E-state index in [1.165, 1.54) is 12.1 Å². The van der Waals surface area contributed by atoms with Crippen molar-refractivity contribution in [2.75, 3.05) is 0 Å². The molecule has 1 aromatic rings. The van der Waals surface area contributed by atoms with Gasteiger partial charge in [-0.25, -0.2) is 9.78 Å². The zero-order valence-corrected chi connectivity index (χ0v) is 13.2. The molecule has 0 fully saturated rings. The highest BCUT2D eigenvalue weighted by Gasteiger charge is 2.32. The molecule has 1 rings (SSSR count). The second-order valence-corrected chi connectivity index (χ2v) is 5.81. The lowest BCUT2D eigenvalue weighted by molar-refractivity contribution is -0.153. The van der Waals surface area contributed by atoms with Crippen LogP contribution in [0.1, 0.15) is 38.1 Å². The van der Waals surface area contributed by atoms with Crippen LogP contribution in [0.25, 0.3) is 0 Å². The van der Waals surface area contributed by atoms with Crippen molar-refractivity contribution in [2.24, 2.45) is 0 Å². The number of nitrogens with one attached hydrogen (secondary N) is 1. The molecule has 0 bridgehead atoms. The van der Waals surface area contributed by atoms with Gasteiger partial charge in [0.05, 0.1) is 6.10 Å². The smallest absolute Gasteiger partial charge is 0.331 e. The Bertz CT molecular complexity index is 510. The molecule has 0 atom stereocenters. The molecule has 1 amide bonds. The molecular formula is C13H16Cl2N2O3. The summed E-state index contributed by atoms with van der Waals surface area (Å²) in [6, 6.07) is 2.74. The maximum absolute atomic E-state index is 12.1. The van der Waals surface area contributed by atoms with Crippen LogP contribution in [0, 0.1) is 0 Å². The number of nitrogens with zero attached hydrogens (tertiary/aromatic N) is 1. The minimum Gasteiger partial charge on any atom is -0.461 e. The number of halogens is 2. The molecule has 0 aromatic carbocycles. The van der Waals surface area contributed by atoms with Crippen molar-refractivity contribution in [2.45, 2.75) is 39.3 Å². The lowest BCUT2D eigenvalue weighted by Crippen LogP contribution is -2.51. The molecule has 0 saturated carbocycles. The fraction of sp³-hybridized carbons (Fsp3) is 0.462. The number of hydrogen-bond donors (Lipinski definition) is 1. The van der Waals surface area contributed by atoms with E-state index in [-0.39, 0.29) is 22.0 Å². The Labute approximate surface area is 127 Å². The van der Waals surface area contributed by atoms with Crippen molar-refractivity contribution in [1.29, 1.82) is 0 Å². The lowest BCUT2D eigenvalue weighted by atomic mass is 10.1. The number of rotatable bonds is 4. The van der Waals surface area contributed by atoms with E-state index in [1.807, 2.05) is 0 Å². The molecular weight excluding hydrogens is 303 g/mol. The van der Waals surface area contributed by atoms with E-state index >= 15 is 0 Å². The van der Waals surface area contributed by atoms with E-state index in [1.54, 1.807) is 27.7 Å². The molecule has 20 heavy (non-hydrogen) atoms. The van der Waals surface area contributed by atoms with Gasteiger partial charge in [0.2, 0.25) is 0 Å². The Morgan fingerprint density at radius 3 is 2.20 bits per heavy atom. The van der Waals surface area contributed by atoms with Gasteiger partial charge in [0.15, 0.2) is 0 Å². The summed E-state index contributed by atoms with van der Waals surface area (Å²) < 4.78 is 5.08. The average molecular weight is 319 g/mol. The van der Waals surface area contributed by atoms with Crippen LogP contribution in [-0.2, 0) is 9.53 Å². The molecule has 1 aromatic heterocycles. The molecule has 0 aliphatic carbocycles. The van der Waals surface area contributed by atoms with Gasteiger partial charge < -0.3 is 10.1 Å². The number of hydrogen-bond acceptors (Lipinski definition) is 4. The summed E-state index contributed by atoms with van der Waals surface area (Å²) in [5, 5.41) is 2.78. The Morgan fingerprint density at radius 1 is 1.25 bits per heavy atom. The van der Waals surface area contributed by atoms with E-state index in [4.69, 9.17) is 27.9 Å². The number of esters is 1. The quantitative estimate of drug-likeness (QED) is 0.684. The minimum atomic E-state index is -1.16. The predicted molar refractivity (Wildman–Crippen MR) is 77.0 cm³/mol. The average Bonchev–Trinajstić information content (AvgIpc) is 2.25. The number of amides is 1. The van der Waals surface area contributed by atoms with Crippen LogP contribution in [0.3, 0.4) is 0 Å². The number of ether oxygens (including phenoxy) is 1. The van der Waals surface area contributed by atoms with Crippen LogP contribution in [0.15, 0.2) is 12.1 Å². The molecule has 0 spiro atoms. The highest BCUT2D eigenvalue weighted by Crippen LogP contribution is 2.16. The fourth-order valence-corrected chi connectivity index (χ4v) is 1.82. The zero-order chi connectivity index (χ0) is 15.5. The molecule has 0 radical (unpaired) electrons. The Balaban J connectivity index is 2.86. The van der Waals surface area contributed by atoms with Gasteiger partial charge >= 0.3 is 5.97 Å². The van der Waals surface area contributed by atoms with Gasteiger partial charge in [-0.1, -0.05) is 23.2 Å². The molecule has 0 aliphatic rings. The summed E-state index contributed by atoms with van der Waals surface area (Å²) in [6.45, 7) is 6.58. The standard InChI is InChI=1S/C13H16Cl2N2O3/c1-7(2)20-12(19)13(3,4)17-11(18)8-5-9(14)16-10(15)6-8/h5-7H,1-4H3,(H,17,18). The molecule has 7 heteroatoms. The van der Waals surface area contributed by atoms with Gasteiger partial charge in [-0.3, -0.25) is 4.79 Å². The Hall–Kier alpha value is -1.33. The van der Waals surface area contributed by atoms with Crippen LogP contribution in [0.2, 0.25) is 10.3 Å². The van der Waals surface area contributed by atoms with Gasteiger partial charge in [0.1, 0.15) is 15.8 Å². The van der Waals surface area contributed by atoms with Crippen molar-refractivity contribution in [3.63, 3.8) is 0 Å². The number of aromatic nitrogens is 1. The molecule has 110 valence electrons. The summed E-state index contributed by atoms with van der Waals surface area (Å²) in [6.07, 6.45) is -0.261. The van der Waals surface area contributed by atoms with E-state index < -0.39 is 17.4 Å². The van der Waals surface area contributed by atoms with Gasteiger partial charge in [0.25, 0.3) is 5.91 Å². The van der Waals surface area contributed by atoms with Gasteiger partial charge in [0, 0.05) is 5.56 Å². The SMILES string of the molecule is CC(C)OC(=O)C(C)(C)NC(=O)c1cc(Cl)nc(Cl)c1. The number of carbonyl (C=O) groups excluding carboxylic acids is 2. The first-order valence-electron chi connectivity index (χ1n) is 5.98. The third-order valence-corrected chi connectivity index (χ3v) is 2.69. The van der Waals surface area contributed by atoms with E-state index in [0.717, 1.165) is 0 Å². The third-order valence-electron chi connectivity index (χ3n) is 2.30. The largest absolute Gasteiger partial charge is 0.461 e. The molecule has 0 saturated heterocycles. The van der Waals surface area contributed by atoms with Crippen molar-refractivity contribution in [3.8, 4) is 0 Å². The molecule has 0 unspecified atom stereocenters. The minimum absolute atomic E-state index is 0.102. The van der Waals surface area contributed by atoms with Crippen LogP contribution < -0.4 is 5.32 Å². The van der Waals surface area contributed by atoms with Crippen LogP contribution in [0.4, 0.5) is 0 Å². The molecule has 0 aliphatic heterocycles. The fourth-order valence-electron chi connectivity index (χ4n) is 1.36. The lowest BCUT2D eigenvalue weighted by Gasteiger charge is -2.25. The van der Waals surface area contributed by atoms with Crippen molar-refractivity contribution < 1.29 is 14.3 Å². The molecule has 1 N–H and O–H groups in total. The number of pyridine rings is 1. The first-order chi connectivity index (χ1) is 9.11. The number of carbonyl (C=O) groups is 2. The summed E-state index contributed by atoms with van der Waals surface area (Å²) in [5.41, 5.74) is -0.941. The first-order valence-corrected chi connectivity index (χ1v) is 6.74. The molecule has 5 nitrogen and oxygen atoms in total. The van der Waals surface area contributed by atoms with E-state index in [0.29, 0.717) is 0 Å². The highest BCUT2D eigenvalue weighted by atomic mass is 35.5. The summed E-state index contributed by atoms with van der Waals surface area (Å²) in [5.74, 6) is -1.01. The van der Waals surface area contributed by atoms with Crippen molar-refractivity contribution in [3.05, 3.63) is 28.0 Å². The summed E-state index contributed by atoms with van der Waals surface area (Å²) in [7, 11) is 0. The summed E-state index contributed by atoms with van der Waals surface area (Å²) in [4.78, 5) is 27.7. The third kappa shape index (κ3) is 4.65. The molecule has 1 heterocycles. The van der Waals surface area contributed by atoms with Gasteiger partial charge in [-0.05, 0) is 39.8 Å². The zero-order valence-electron chi connectivity index (χ0n) is 11.7. The first kappa shape index (κ1) is 16.7. The highest BCUT2D eigenvalue weighted by molar-refractivity contribution is 6.33. The van der Waals surface area contributed by atoms with Crippen molar-refractivity contribution >= 4 is 35.1 Å². The van der Waals surface area contributed by atoms with Gasteiger partial charge in [-0.15, -0.1) is 0 Å². The second-order valence-electron chi connectivity index (χ2n) is 5.03. The monoisotopic (exact) mass is 318 g/mol. The Kier molecular flexibility index (Phi) is 5.36. The van der Waals surface area contributed by atoms with Crippen LogP contribution in [-0.4, -0.2) is 28.5 Å². The topological polar surface area (TPSA) is 68.3 Å². The summed E-state index contributed by atoms with van der Waals surface area (Å²) >= 11 is 11.5. The maximum Gasteiger partial charge on any atom is 0.331 e. The maximum atomic E-state index is 12.1. The van der Waals surface area contributed by atoms with E-state index in [2.05, 4.69) is 10.3 Å².